The van der Waals surface area contributed by atoms with Crippen LogP contribution in [0.4, 0.5) is 0 Å². The predicted molar refractivity (Wildman–Crippen MR) is 76.9 cm³/mol. The Kier molecular flexibility index (Phi) is 5.60. The van der Waals surface area contributed by atoms with Gasteiger partial charge >= 0.3 is 0 Å². The van der Waals surface area contributed by atoms with E-state index in [0.717, 1.165) is 18.6 Å². The van der Waals surface area contributed by atoms with Crippen molar-refractivity contribution in [2.45, 2.75) is 50.4 Å². The summed E-state index contributed by atoms with van der Waals surface area (Å²) < 4.78 is 0. The lowest BCUT2D eigenvalue weighted by molar-refractivity contribution is 0.120. The van der Waals surface area contributed by atoms with Crippen molar-refractivity contribution in [3.05, 3.63) is 35.9 Å². The van der Waals surface area contributed by atoms with E-state index in [9.17, 15) is 0 Å². The van der Waals surface area contributed by atoms with E-state index in [0.29, 0.717) is 6.04 Å². The molecule has 3 rings (SSSR count). The third-order valence-corrected chi connectivity index (χ3v) is 4.13. The summed E-state index contributed by atoms with van der Waals surface area (Å²) >= 11 is 0. The Balaban J connectivity index is 0.000000810. The lowest BCUT2D eigenvalue weighted by Gasteiger charge is -2.37. The van der Waals surface area contributed by atoms with Crippen LogP contribution in [0.15, 0.2) is 30.3 Å². The molecule has 2 fully saturated rings. The fraction of sp³-hybridized carbons (Fsp3) is 0.571. The van der Waals surface area contributed by atoms with Gasteiger partial charge in [0.1, 0.15) is 0 Å². The van der Waals surface area contributed by atoms with Gasteiger partial charge in [0.25, 0.3) is 0 Å². The van der Waals surface area contributed by atoms with Crippen LogP contribution in [0.1, 0.15) is 31.2 Å². The molecule has 0 aliphatic carbocycles. The molecule has 1 aromatic carbocycles. The van der Waals surface area contributed by atoms with Crippen molar-refractivity contribution in [2.24, 2.45) is 5.73 Å². The molecule has 4 heteroatoms. The second-order valence-electron chi connectivity index (χ2n) is 5.27. The smallest absolute Gasteiger partial charge is 0.0239 e. The molecule has 2 aliphatic heterocycles. The van der Waals surface area contributed by atoms with Crippen LogP contribution in [0.2, 0.25) is 0 Å². The van der Waals surface area contributed by atoms with E-state index in [1.165, 1.54) is 31.2 Å². The van der Waals surface area contributed by atoms with E-state index in [2.05, 4.69) is 35.2 Å². The number of benzene rings is 1. The number of rotatable bonds is 2. The van der Waals surface area contributed by atoms with Crippen LogP contribution in [0, 0.1) is 0 Å². The normalized spacial score (nSPS) is 30.4. The molecule has 0 saturated carbocycles. The summed E-state index contributed by atoms with van der Waals surface area (Å²) in [5.74, 6) is 0. The van der Waals surface area contributed by atoms with E-state index in [1.807, 2.05) is 0 Å². The SMILES string of the molecule is Cl.NC1C[C@H]2CC[C@@H](C1)N2Cc1ccccc1.O. The van der Waals surface area contributed by atoms with Gasteiger partial charge in [0, 0.05) is 24.7 Å². The van der Waals surface area contributed by atoms with Crippen molar-refractivity contribution < 1.29 is 5.48 Å². The van der Waals surface area contributed by atoms with Gasteiger partial charge < -0.3 is 11.2 Å². The Hall–Kier alpha value is -0.610. The second-order valence-corrected chi connectivity index (χ2v) is 5.27. The number of hydrogen-bond donors (Lipinski definition) is 1. The molecule has 3 atom stereocenters. The van der Waals surface area contributed by atoms with Crippen LogP contribution >= 0.6 is 12.4 Å². The molecule has 0 radical (unpaired) electrons. The number of hydrogen-bond acceptors (Lipinski definition) is 2. The lowest BCUT2D eigenvalue weighted by Crippen LogP contribution is -2.46. The largest absolute Gasteiger partial charge is 0.412 e. The number of nitrogens with zero attached hydrogens (tertiary/aromatic N) is 1. The fourth-order valence-electron chi connectivity index (χ4n) is 3.37. The van der Waals surface area contributed by atoms with Crippen LogP contribution in [-0.4, -0.2) is 28.5 Å². The fourth-order valence-corrected chi connectivity index (χ4v) is 3.37. The Morgan fingerprint density at radius 3 is 2.17 bits per heavy atom. The number of fused-ring (bicyclic) bond motifs is 2. The molecule has 1 aromatic rings. The van der Waals surface area contributed by atoms with Crippen molar-refractivity contribution in [1.29, 1.82) is 0 Å². The van der Waals surface area contributed by atoms with Crippen LogP contribution < -0.4 is 5.73 Å². The first-order valence-electron chi connectivity index (χ1n) is 6.38. The van der Waals surface area contributed by atoms with Gasteiger partial charge in [-0.05, 0) is 31.2 Å². The third-order valence-electron chi connectivity index (χ3n) is 4.13. The van der Waals surface area contributed by atoms with Gasteiger partial charge in [-0.25, -0.2) is 0 Å². The van der Waals surface area contributed by atoms with Crippen LogP contribution in [-0.2, 0) is 6.54 Å². The molecule has 0 spiro atoms. The van der Waals surface area contributed by atoms with Gasteiger partial charge in [0.15, 0.2) is 0 Å². The summed E-state index contributed by atoms with van der Waals surface area (Å²) in [4.78, 5) is 2.68. The number of nitrogens with two attached hydrogens (primary N) is 1. The summed E-state index contributed by atoms with van der Waals surface area (Å²) in [7, 11) is 0. The van der Waals surface area contributed by atoms with Gasteiger partial charge in [0.2, 0.25) is 0 Å². The Labute approximate surface area is 115 Å². The molecule has 0 aromatic heterocycles. The maximum Gasteiger partial charge on any atom is 0.0239 e. The zero-order chi connectivity index (χ0) is 11.0. The van der Waals surface area contributed by atoms with E-state index < -0.39 is 0 Å². The van der Waals surface area contributed by atoms with Gasteiger partial charge in [-0.1, -0.05) is 30.3 Å². The number of piperidine rings is 1. The van der Waals surface area contributed by atoms with Crippen LogP contribution in [0.3, 0.4) is 0 Å². The molecule has 0 amide bonds. The zero-order valence-corrected chi connectivity index (χ0v) is 11.4. The van der Waals surface area contributed by atoms with Crippen molar-refractivity contribution in [3.8, 4) is 0 Å². The Bertz CT molecular complexity index is 346. The maximum atomic E-state index is 6.08. The molecule has 2 heterocycles. The summed E-state index contributed by atoms with van der Waals surface area (Å²) in [6, 6.07) is 12.7. The van der Waals surface area contributed by atoms with E-state index >= 15 is 0 Å². The minimum atomic E-state index is 0. The molecule has 4 N–H and O–H groups in total. The van der Waals surface area contributed by atoms with Crippen molar-refractivity contribution in [2.75, 3.05) is 0 Å². The molecular formula is C14H23ClN2O. The first-order chi connectivity index (χ1) is 7.83. The topological polar surface area (TPSA) is 60.8 Å². The highest BCUT2D eigenvalue weighted by molar-refractivity contribution is 5.85. The predicted octanol–water partition coefficient (Wildman–Crippen LogP) is 1.74. The zero-order valence-electron chi connectivity index (χ0n) is 10.6. The first kappa shape index (κ1) is 15.4. The van der Waals surface area contributed by atoms with Crippen molar-refractivity contribution in [1.82, 2.24) is 4.90 Å². The quantitative estimate of drug-likeness (QED) is 0.890. The minimum Gasteiger partial charge on any atom is -0.412 e. The molecule has 102 valence electrons. The van der Waals surface area contributed by atoms with Crippen LogP contribution in [0.25, 0.3) is 0 Å². The number of halogens is 1. The average Bonchev–Trinajstić information content (AvgIpc) is 2.54. The molecule has 18 heavy (non-hydrogen) atoms. The highest BCUT2D eigenvalue weighted by atomic mass is 35.5. The van der Waals surface area contributed by atoms with E-state index in [1.54, 1.807) is 0 Å². The Morgan fingerprint density at radius 1 is 1.06 bits per heavy atom. The molecule has 2 aliphatic rings. The average molecular weight is 271 g/mol. The second kappa shape index (κ2) is 6.53. The minimum absolute atomic E-state index is 0. The van der Waals surface area contributed by atoms with Crippen molar-refractivity contribution >= 4 is 12.4 Å². The Morgan fingerprint density at radius 2 is 1.61 bits per heavy atom. The summed E-state index contributed by atoms with van der Waals surface area (Å²) in [6.45, 7) is 1.11. The van der Waals surface area contributed by atoms with Gasteiger partial charge in [-0.2, -0.15) is 0 Å². The van der Waals surface area contributed by atoms with Crippen molar-refractivity contribution in [3.63, 3.8) is 0 Å². The third kappa shape index (κ3) is 3.04. The molecule has 1 unspecified atom stereocenters. The summed E-state index contributed by atoms with van der Waals surface area (Å²) in [5, 5.41) is 0. The standard InChI is InChI=1S/C14H20N2.ClH.H2O/c15-12-8-13-6-7-14(9-12)16(13)10-11-4-2-1-3-5-11;;/h1-5,12-14H,6-10,15H2;1H;1H2/t12?,13-,14+;;. The van der Waals surface area contributed by atoms with Gasteiger partial charge in [-0.3, -0.25) is 4.90 Å². The molecule has 2 bridgehead atoms. The molecule has 3 nitrogen and oxygen atoms in total. The highest BCUT2D eigenvalue weighted by Crippen LogP contribution is 2.35. The molecular weight excluding hydrogens is 248 g/mol. The molecule has 2 saturated heterocycles. The summed E-state index contributed by atoms with van der Waals surface area (Å²) in [6.07, 6.45) is 5.10. The summed E-state index contributed by atoms with van der Waals surface area (Å²) in [5.41, 5.74) is 7.52. The van der Waals surface area contributed by atoms with E-state index in [4.69, 9.17) is 5.73 Å². The monoisotopic (exact) mass is 270 g/mol. The van der Waals surface area contributed by atoms with Gasteiger partial charge in [0.05, 0.1) is 0 Å². The van der Waals surface area contributed by atoms with E-state index in [-0.39, 0.29) is 17.9 Å². The van der Waals surface area contributed by atoms with Gasteiger partial charge in [-0.15, -0.1) is 12.4 Å². The maximum absolute atomic E-state index is 6.08. The lowest BCUT2D eigenvalue weighted by atomic mass is 9.97. The first-order valence-corrected chi connectivity index (χ1v) is 6.38. The highest BCUT2D eigenvalue weighted by Gasteiger charge is 2.39. The van der Waals surface area contributed by atoms with Crippen LogP contribution in [0.5, 0.6) is 0 Å².